The quantitative estimate of drug-likeness (QED) is 0.508. The Labute approximate surface area is 90.9 Å². The number of unbranched alkanes of at least 4 members (excludes halogenated alkanes) is 4. The van der Waals surface area contributed by atoms with E-state index in [2.05, 4.69) is 32.8 Å². The van der Waals surface area contributed by atoms with Crippen LogP contribution in [-0.4, -0.2) is 25.5 Å². The Morgan fingerprint density at radius 2 is 1.57 bits per heavy atom. The molecule has 0 radical (unpaired) electrons. The summed E-state index contributed by atoms with van der Waals surface area (Å²) in [4.78, 5) is 2.32. The summed E-state index contributed by atoms with van der Waals surface area (Å²) in [6, 6.07) is 0. The fourth-order valence-corrected chi connectivity index (χ4v) is 1.98. The molecule has 0 heterocycles. The van der Waals surface area contributed by atoms with Gasteiger partial charge >= 0.3 is 0 Å². The van der Waals surface area contributed by atoms with Gasteiger partial charge in [-0.1, -0.05) is 52.4 Å². The van der Waals surface area contributed by atoms with Crippen molar-refractivity contribution in [2.75, 3.05) is 20.6 Å². The Balaban J connectivity index is 3.33. The monoisotopic (exact) mass is 199 g/mol. The maximum atomic E-state index is 2.32. The van der Waals surface area contributed by atoms with Crippen LogP contribution in [0.25, 0.3) is 0 Å². The van der Waals surface area contributed by atoms with E-state index in [1.165, 1.54) is 51.5 Å². The molecule has 1 nitrogen and oxygen atoms in total. The molecule has 0 saturated carbocycles. The molecule has 0 aliphatic carbocycles. The molecule has 1 atom stereocenters. The first-order chi connectivity index (χ1) is 6.70. The van der Waals surface area contributed by atoms with Crippen LogP contribution in [0.3, 0.4) is 0 Å². The molecule has 1 unspecified atom stereocenters. The molecule has 0 fully saturated rings. The van der Waals surface area contributed by atoms with Crippen LogP contribution < -0.4 is 0 Å². The zero-order chi connectivity index (χ0) is 10.8. The smallest absolute Gasteiger partial charge is 0.000346 e. The van der Waals surface area contributed by atoms with Gasteiger partial charge in [-0.25, -0.2) is 0 Å². The lowest BCUT2D eigenvalue weighted by atomic mass is 9.97. The predicted molar refractivity (Wildman–Crippen MR) is 65.7 cm³/mol. The van der Waals surface area contributed by atoms with Gasteiger partial charge in [0, 0.05) is 6.54 Å². The van der Waals surface area contributed by atoms with Crippen LogP contribution in [0.4, 0.5) is 0 Å². The third-order valence-electron chi connectivity index (χ3n) is 2.92. The number of nitrogens with zero attached hydrogens (tertiary/aromatic N) is 1. The Hall–Kier alpha value is -0.0400. The van der Waals surface area contributed by atoms with Crippen molar-refractivity contribution in [2.45, 2.75) is 58.8 Å². The summed E-state index contributed by atoms with van der Waals surface area (Å²) < 4.78 is 0. The molecule has 0 aromatic heterocycles. The highest BCUT2D eigenvalue weighted by Crippen LogP contribution is 2.15. The fraction of sp³-hybridized carbons (Fsp3) is 1.00. The van der Waals surface area contributed by atoms with E-state index in [-0.39, 0.29) is 0 Å². The number of hydrogen-bond donors (Lipinski definition) is 0. The number of hydrogen-bond acceptors (Lipinski definition) is 1. The first-order valence-electron chi connectivity index (χ1n) is 6.35. The van der Waals surface area contributed by atoms with Crippen molar-refractivity contribution in [3.05, 3.63) is 0 Å². The average molecular weight is 199 g/mol. The second kappa shape index (κ2) is 9.51. The maximum Gasteiger partial charge on any atom is 0.000346 e. The Bertz CT molecular complexity index is 110. The zero-order valence-electron chi connectivity index (χ0n) is 10.7. The topological polar surface area (TPSA) is 3.24 Å². The minimum Gasteiger partial charge on any atom is -0.309 e. The Morgan fingerprint density at radius 1 is 0.929 bits per heavy atom. The molecule has 14 heavy (non-hydrogen) atoms. The van der Waals surface area contributed by atoms with Gasteiger partial charge in [0.15, 0.2) is 0 Å². The summed E-state index contributed by atoms with van der Waals surface area (Å²) in [5.41, 5.74) is 0. The average Bonchev–Trinajstić information content (AvgIpc) is 2.15. The van der Waals surface area contributed by atoms with Gasteiger partial charge in [-0.05, 0) is 26.4 Å². The van der Waals surface area contributed by atoms with E-state index in [0.717, 1.165) is 5.92 Å². The molecule has 0 amide bonds. The van der Waals surface area contributed by atoms with Gasteiger partial charge in [0.25, 0.3) is 0 Å². The molecule has 0 saturated heterocycles. The minimum atomic E-state index is 0.923. The predicted octanol–water partition coefficient (Wildman–Crippen LogP) is 3.93. The molecule has 0 aromatic carbocycles. The summed E-state index contributed by atoms with van der Waals surface area (Å²) >= 11 is 0. The van der Waals surface area contributed by atoms with Crippen molar-refractivity contribution >= 4 is 0 Å². The molecule has 0 bridgehead atoms. The molecule has 1 heteroatoms. The summed E-state index contributed by atoms with van der Waals surface area (Å²) in [5.74, 6) is 0.923. The highest BCUT2D eigenvalue weighted by atomic mass is 15.1. The van der Waals surface area contributed by atoms with Gasteiger partial charge in [0.05, 0.1) is 0 Å². The normalized spacial score (nSPS) is 13.5. The minimum absolute atomic E-state index is 0.923. The molecule has 0 aliphatic rings. The van der Waals surface area contributed by atoms with Gasteiger partial charge in [-0.15, -0.1) is 0 Å². The molecular formula is C13H29N. The highest BCUT2D eigenvalue weighted by Gasteiger charge is 2.06. The summed E-state index contributed by atoms with van der Waals surface area (Å²) in [5, 5.41) is 0. The van der Waals surface area contributed by atoms with Crippen molar-refractivity contribution in [2.24, 2.45) is 5.92 Å². The summed E-state index contributed by atoms with van der Waals surface area (Å²) in [7, 11) is 4.36. The SMILES string of the molecule is CCCCCCCC(CC)CN(C)C. The van der Waals surface area contributed by atoms with E-state index < -0.39 is 0 Å². The second-order valence-corrected chi connectivity index (χ2v) is 4.74. The van der Waals surface area contributed by atoms with E-state index in [0.29, 0.717) is 0 Å². The van der Waals surface area contributed by atoms with Crippen LogP contribution in [0.5, 0.6) is 0 Å². The first kappa shape index (κ1) is 14.0. The Kier molecular flexibility index (Phi) is 9.49. The van der Waals surface area contributed by atoms with Crippen LogP contribution in [-0.2, 0) is 0 Å². The van der Waals surface area contributed by atoms with Crippen LogP contribution in [0, 0.1) is 5.92 Å². The molecule has 0 N–H and O–H groups in total. The van der Waals surface area contributed by atoms with Crippen LogP contribution in [0.2, 0.25) is 0 Å². The fourth-order valence-electron chi connectivity index (χ4n) is 1.98. The second-order valence-electron chi connectivity index (χ2n) is 4.74. The van der Waals surface area contributed by atoms with Gasteiger partial charge in [-0.2, -0.15) is 0 Å². The highest BCUT2D eigenvalue weighted by molar-refractivity contribution is 4.60. The summed E-state index contributed by atoms with van der Waals surface area (Å²) in [6.45, 7) is 5.87. The van der Waals surface area contributed by atoms with E-state index >= 15 is 0 Å². The van der Waals surface area contributed by atoms with E-state index in [1.807, 2.05) is 0 Å². The maximum absolute atomic E-state index is 2.32. The van der Waals surface area contributed by atoms with Gasteiger partial charge in [-0.3, -0.25) is 0 Å². The lowest BCUT2D eigenvalue weighted by molar-refractivity contribution is 0.299. The van der Waals surface area contributed by atoms with Crippen molar-refractivity contribution in [3.8, 4) is 0 Å². The Morgan fingerprint density at radius 3 is 2.07 bits per heavy atom. The van der Waals surface area contributed by atoms with E-state index in [9.17, 15) is 0 Å². The molecule has 0 aromatic rings. The zero-order valence-corrected chi connectivity index (χ0v) is 10.7. The molecule has 0 spiro atoms. The third-order valence-corrected chi connectivity index (χ3v) is 2.92. The van der Waals surface area contributed by atoms with Crippen LogP contribution >= 0.6 is 0 Å². The van der Waals surface area contributed by atoms with E-state index in [1.54, 1.807) is 0 Å². The molecule has 86 valence electrons. The first-order valence-corrected chi connectivity index (χ1v) is 6.35. The van der Waals surface area contributed by atoms with Gasteiger partial charge in [0.2, 0.25) is 0 Å². The largest absolute Gasteiger partial charge is 0.309 e. The molecule has 0 aliphatic heterocycles. The molecular weight excluding hydrogens is 170 g/mol. The van der Waals surface area contributed by atoms with Crippen molar-refractivity contribution in [1.29, 1.82) is 0 Å². The van der Waals surface area contributed by atoms with Crippen molar-refractivity contribution in [3.63, 3.8) is 0 Å². The molecule has 0 rings (SSSR count). The van der Waals surface area contributed by atoms with Crippen molar-refractivity contribution in [1.82, 2.24) is 4.90 Å². The van der Waals surface area contributed by atoms with Crippen LogP contribution in [0.1, 0.15) is 58.8 Å². The standard InChI is InChI=1S/C13H29N/c1-5-7-8-9-10-11-13(6-2)12-14(3)4/h13H,5-12H2,1-4H3. The van der Waals surface area contributed by atoms with E-state index in [4.69, 9.17) is 0 Å². The summed E-state index contributed by atoms with van der Waals surface area (Å²) in [6.07, 6.45) is 9.86. The third kappa shape index (κ3) is 8.55. The van der Waals surface area contributed by atoms with Crippen molar-refractivity contribution < 1.29 is 0 Å². The number of rotatable bonds is 9. The van der Waals surface area contributed by atoms with Gasteiger partial charge < -0.3 is 4.90 Å². The lowest BCUT2D eigenvalue weighted by Gasteiger charge is -2.19. The van der Waals surface area contributed by atoms with Crippen LogP contribution in [0.15, 0.2) is 0 Å². The van der Waals surface area contributed by atoms with Gasteiger partial charge in [0.1, 0.15) is 0 Å². The lowest BCUT2D eigenvalue weighted by Crippen LogP contribution is -2.21.